The molecule has 0 bridgehead atoms. The summed E-state index contributed by atoms with van der Waals surface area (Å²) in [5, 5.41) is 53.6. The second kappa shape index (κ2) is 68.1. The van der Waals surface area contributed by atoms with Gasteiger partial charge in [0.05, 0.1) is 26.9 Å². The van der Waals surface area contributed by atoms with Crippen molar-refractivity contribution in [2.75, 3.05) is 49.7 Å². The second-order valence-corrected chi connectivity index (χ2v) is 35.4. The number of phenolic OH excluding ortho intramolecular Hbond substituents is 5. The first-order chi connectivity index (χ1) is 59.8. The number of aromatic hydroxyl groups is 5. The Balaban J connectivity index is 0.000000532. The van der Waals surface area contributed by atoms with Crippen molar-refractivity contribution in [2.45, 2.75) is 366 Å². The molecule has 698 valence electrons. The Hall–Kier alpha value is -8.14. The molecule has 7 aromatic rings. The van der Waals surface area contributed by atoms with Crippen LogP contribution in [-0.4, -0.2) is 109 Å². The minimum absolute atomic E-state index is 0.116. The van der Waals surface area contributed by atoms with E-state index in [1.807, 2.05) is 130 Å². The number of unbranched alkanes of at least 4 members (excludes halogenated alkanes) is 25. The summed E-state index contributed by atoms with van der Waals surface area (Å²) in [7, 11) is 1.71. The smallest absolute Gasteiger partial charge is 0.306 e. The molecule has 0 spiro atoms. The van der Waals surface area contributed by atoms with Crippen molar-refractivity contribution >= 4 is 71.7 Å². The topological polar surface area (TPSA) is 266 Å². The molecule has 21 heteroatoms. The number of nitrogens with zero attached hydrogens (tertiary/aromatic N) is 3. The minimum Gasteiger partial charge on any atom is -0.507 e. The third-order valence-electron chi connectivity index (χ3n) is 21.4. The van der Waals surface area contributed by atoms with Crippen molar-refractivity contribution in [1.29, 1.82) is 0 Å². The zero-order chi connectivity index (χ0) is 92.9. The van der Waals surface area contributed by atoms with Gasteiger partial charge in [0.15, 0.2) is 10.3 Å². The number of carbonyl (C=O) groups is 4. The predicted molar refractivity (Wildman–Crippen MR) is 523 cm³/mol. The molecule has 18 nitrogen and oxygen atoms in total. The first-order valence-corrected chi connectivity index (χ1v) is 49.1. The minimum atomic E-state index is -0.251. The highest BCUT2D eigenvalue weighted by Gasteiger charge is 2.15. The lowest BCUT2D eigenvalue weighted by Gasteiger charge is -2.11. The Morgan fingerprint density at radius 2 is 0.584 bits per heavy atom. The summed E-state index contributed by atoms with van der Waals surface area (Å²) in [6.45, 7) is 36.7. The summed E-state index contributed by atoms with van der Waals surface area (Å²) in [5.74, 6) is 4.73. The Kier molecular flexibility index (Phi) is 61.5. The number of anilines is 2. The zero-order valence-electron chi connectivity index (χ0n) is 80.1. The van der Waals surface area contributed by atoms with E-state index in [4.69, 9.17) is 28.7 Å². The number of thiol groups is 1. The fraction of sp³-hybridized carbons (Fsp3) is 0.587. The van der Waals surface area contributed by atoms with E-state index in [2.05, 4.69) is 81.6 Å². The number of esters is 4. The third-order valence-corrected chi connectivity index (χ3v) is 23.4. The summed E-state index contributed by atoms with van der Waals surface area (Å²) >= 11 is 7.27. The van der Waals surface area contributed by atoms with E-state index < -0.39 is 0 Å². The number of benzene rings is 6. The number of hydrogen-bond donors (Lipinski definition) is 7. The maximum Gasteiger partial charge on any atom is 0.306 e. The third kappa shape index (κ3) is 50.9. The van der Waals surface area contributed by atoms with Crippen LogP contribution in [0.2, 0.25) is 0 Å². The number of aromatic nitrogens is 3. The van der Waals surface area contributed by atoms with Crippen LogP contribution in [0.15, 0.2) is 83.1 Å². The zero-order valence-corrected chi connectivity index (χ0v) is 82.7. The molecular formula is C104H160N4O14S3. The van der Waals surface area contributed by atoms with Crippen molar-refractivity contribution in [3.05, 3.63) is 167 Å². The maximum atomic E-state index is 11.9. The summed E-state index contributed by atoms with van der Waals surface area (Å²) in [6.07, 6.45) is 41.2. The van der Waals surface area contributed by atoms with Crippen LogP contribution < -0.4 is 10.1 Å². The van der Waals surface area contributed by atoms with Gasteiger partial charge >= 0.3 is 23.9 Å². The van der Waals surface area contributed by atoms with E-state index in [1.54, 1.807) is 44.5 Å². The molecule has 1 heterocycles. The summed E-state index contributed by atoms with van der Waals surface area (Å²) in [6, 6.07) is 23.4. The molecule has 0 radical (unpaired) electrons. The lowest BCUT2D eigenvalue weighted by Crippen LogP contribution is -2.07. The van der Waals surface area contributed by atoms with Gasteiger partial charge in [-0.2, -0.15) is 15.0 Å². The molecule has 0 fully saturated rings. The van der Waals surface area contributed by atoms with Gasteiger partial charge in [-0.1, -0.05) is 271 Å². The van der Waals surface area contributed by atoms with Crippen LogP contribution in [0.1, 0.15) is 335 Å². The van der Waals surface area contributed by atoms with E-state index in [9.17, 15) is 44.7 Å². The molecule has 6 aromatic carbocycles. The molecule has 7 rings (SSSR count). The predicted octanol–water partition coefficient (Wildman–Crippen LogP) is 27.6. The van der Waals surface area contributed by atoms with Gasteiger partial charge in [-0.25, -0.2) is 0 Å². The Morgan fingerprint density at radius 1 is 0.328 bits per heavy atom. The number of aryl methyl sites for hydroxylation is 17. The SMILES string of the molecule is CCCCCCCCCCCCCCCCCCOC(=O)CCc1cc(C)c(O)c(C)c1.CCCCCCCCSc1nc(Nc2cc(C)c(O)c(C)c2)nc(SCCCCCCCC)n1.CCOC(=O)CCc1cc(C)c(O)c(C)c1.CCOC(=O)CCc1cc(C)c(O)c(C)c1.COc1c(C)cc(C)cc1C.Cc1cc(CCC(=O)OCS)cc(C)c1O. The lowest BCUT2D eigenvalue weighted by atomic mass is 10.0. The molecule has 0 aliphatic rings. The van der Waals surface area contributed by atoms with Crippen molar-refractivity contribution in [2.24, 2.45) is 0 Å². The van der Waals surface area contributed by atoms with Crippen molar-refractivity contribution in [1.82, 2.24) is 15.0 Å². The number of carbonyl (C=O) groups excluding carboxylic acids is 4. The monoisotopic (exact) mass is 1790 g/mol. The van der Waals surface area contributed by atoms with Crippen LogP contribution in [0.5, 0.6) is 34.5 Å². The second-order valence-electron chi connectivity index (χ2n) is 33.1. The quantitative estimate of drug-likeness (QED) is 0.00355. The molecule has 6 N–H and O–H groups in total. The van der Waals surface area contributed by atoms with Gasteiger partial charge in [0.25, 0.3) is 0 Å². The van der Waals surface area contributed by atoms with Crippen molar-refractivity contribution < 1.29 is 68.4 Å². The first kappa shape index (κ1) is 113. The number of methoxy groups -OCH3 is 1. The van der Waals surface area contributed by atoms with E-state index in [1.165, 1.54) is 184 Å². The molecule has 0 atom stereocenters. The summed E-state index contributed by atoms with van der Waals surface area (Å²) in [5.41, 5.74) is 17.3. The fourth-order valence-corrected chi connectivity index (χ4v) is 16.4. The Bertz CT molecular complexity index is 3870. The van der Waals surface area contributed by atoms with Crippen molar-refractivity contribution in [3.8, 4) is 34.5 Å². The van der Waals surface area contributed by atoms with Gasteiger partial charge in [0.1, 0.15) is 40.4 Å². The average Bonchev–Trinajstić information content (AvgIpc) is 0.781. The first-order valence-electron chi connectivity index (χ1n) is 46.5. The van der Waals surface area contributed by atoms with Crippen LogP contribution in [0, 0.1) is 90.0 Å². The van der Waals surface area contributed by atoms with Crippen LogP contribution >= 0.6 is 36.2 Å². The van der Waals surface area contributed by atoms with Gasteiger partial charge in [-0.05, 0) is 250 Å². The molecule has 1 aromatic heterocycles. The van der Waals surface area contributed by atoms with Crippen LogP contribution in [0.4, 0.5) is 11.6 Å². The number of rotatable bonds is 51. The van der Waals surface area contributed by atoms with E-state index >= 15 is 0 Å². The lowest BCUT2D eigenvalue weighted by molar-refractivity contribution is -0.144. The summed E-state index contributed by atoms with van der Waals surface area (Å²) in [4.78, 5) is 59.6. The average molecular weight is 1790 g/mol. The molecule has 0 saturated heterocycles. The van der Waals surface area contributed by atoms with Gasteiger partial charge in [-0.3, -0.25) is 19.2 Å². The van der Waals surface area contributed by atoms with Gasteiger partial charge in [0.2, 0.25) is 5.95 Å². The van der Waals surface area contributed by atoms with Crippen molar-refractivity contribution in [3.63, 3.8) is 0 Å². The van der Waals surface area contributed by atoms with Gasteiger partial charge in [0, 0.05) is 42.9 Å². The highest BCUT2D eigenvalue weighted by molar-refractivity contribution is 7.99. The fourth-order valence-electron chi connectivity index (χ4n) is 14.5. The molecule has 0 aliphatic carbocycles. The van der Waals surface area contributed by atoms with Gasteiger partial charge in [-0.15, -0.1) is 12.6 Å². The number of ether oxygens (including phenoxy) is 5. The molecule has 0 aliphatic heterocycles. The van der Waals surface area contributed by atoms with Crippen LogP contribution in [0.25, 0.3) is 0 Å². The number of thioether (sulfide) groups is 2. The normalized spacial score (nSPS) is 10.7. The number of phenols is 5. The Labute approximate surface area is 767 Å². The standard InChI is InChI=1S/C29H50O3.C27H44N4OS2.2C13H18O3.C12H16O3S.C10H14O/c1-4-5-6-7-8-9-10-11-12-13-14-15-16-17-18-19-22-32-28(30)21-20-27-23-25(2)29(31)26(3)24-27;1-5-7-9-11-13-15-17-33-26-29-25(28-23-19-21(3)24(32)22(4)20-23)30-27(31-26)34-18-16-14-12-10-8-6-2;2*1-4-16-12(14)6-5-11-7-9(2)13(15)10(3)8-11;1-8-5-10(6-9(2)12(8)14)3-4-11(13)15-7-16;1-7-5-8(2)10(11-4)9(3)6-7/h23-24,31H,4-22H2,1-3H3;19-20,32H,5-18H2,1-4H3,(H,28,29,30,31);2*7-8,15H,4-6H2,1-3H3;5-6,14,16H,3-4,7H2,1-2H3;5-6H,1-4H3. The molecule has 0 amide bonds. The Morgan fingerprint density at radius 3 is 0.856 bits per heavy atom. The summed E-state index contributed by atoms with van der Waals surface area (Å²) < 4.78 is 25.1. The number of hydrogen-bond acceptors (Lipinski definition) is 21. The van der Waals surface area contributed by atoms with Crippen LogP contribution in [0.3, 0.4) is 0 Å². The number of nitrogens with one attached hydrogen (secondary N) is 1. The van der Waals surface area contributed by atoms with E-state index in [0.29, 0.717) is 106 Å². The highest BCUT2D eigenvalue weighted by atomic mass is 32.2. The van der Waals surface area contributed by atoms with Crippen LogP contribution in [-0.2, 0) is 63.8 Å². The highest BCUT2D eigenvalue weighted by Crippen LogP contribution is 2.32. The van der Waals surface area contributed by atoms with Gasteiger partial charge < -0.3 is 54.5 Å². The molecule has 0 saturated carbocycles. The largest absolute Gasteiger partial charge is 0.507 e. The molecule has 125 heavy (non-hydrogen) atoms. The van der Waals surface area contributed by atoms with E-state index in [-0.39, 0.29) is 29.8 Å². The van der Waals surface area contributed by atoms with E-state index in [0.717, 1.165) is 124 Å². The maximum absolute atomic E-state index is 11.9. The molecule has 0 unspecified atom stereocenters. The molecular weight excluding hydrogens is 1630 g/mol.